The molecular weight excluding hydrogens is 373 g/mol. The molecule has 0 saturated carbocycles. The summed E-state index contributed by atoms with van der Waals surface area (Å²) >= 11 is 1.28. The number of nitrogens with zero attached hydrogens (tertiary/aromatic N) is 2. The van der Waals surface area contributed by atoms with Gasteiger partial charge in [-0.2, -0.15) is 18.2 Å². The molecule has 0 aliphatic heterocycles. The van der Waals surface area contributed by atoms with Gasteiger partial charge >= 0.3 is 6.18 Å². The number of rotatable bonds is 2. The highest BCUT2D eigenvalue weighted by molar-refractivity contribution is 7.16. The number of amides is 1. The quantitative estimate of drug-likeness (QED) is 0.586. The second kappa shape index (κ2) is 7.05. The molecular formula is C20H15F3N2OS. The molecule has 0 saturated heterocycles. The first-order valence-electron chi connectivity index (χ1n) is 8.01. The molecule has 7 heteroatoms. The molecule has 27 heavy (non-hydrogen) atoms. The number of thiazole rings is 1. The lowest BCUT2D eigenvalue weighted by Gasteiger charge is -2.07. The zero-order valence-electron chi connectivity index (χ0n) is 14.6. The number of aryl methyl sites for hydroxylation is 2. The van der Waals surface area contributed by atoms with Crippen LogP contribution in [0.1, 0.15) is 27.0 Å². The Bertz CT molecular complexity index is 1150. The van der Waals surface area contributed by atoms with Gasteiger partial charge in [0, 0.05) is 5.56 Å². The third-order valence-corrected chi connectivity index (χ3v) is 5.02. The first kappa shape index (κ1) is 18.9. The highest BCUT2D eigenvalue weighted by Gasteiger charge is 2.30. The van der Waals surface area contributed by atoms with E-state index in [1.807, 2.05) is 26.0 Å². The Morgan fingerprint density at radius 1 is 1.26 bits per heavy atom. The van der Waals surface area contributed by atoms with E-state index in [0.717, 1.165) is 33.5 Å². The number of carbonyl (C=O) groups excluding carboxylic acids is 1. The molecule has 3 aromatic rings. The minimum Gasteiger partial charge on any atom is -0.304 e. The monoisotopic (exact) mass is 388 g/mol. The van der Waals surface area contributed by atoms with E-state index >= 15 is 0 Å². The molecule has 0 bridgehead atoms. The molecule has 0 aliphatic rings. The van der Waals surface area contributed by atoms with Crippen LogP contribution >= 0.6 is 11.3 Å². The summed E-state index contributed by atoms with van der Waals surface area (Å²) in [4.78, 5) is 16.9. The molecule has 0 unspecified atom stereocenters. The van der Waals surface area contributed by atoms with Gasteiger partial charge in [0.2, 0.25) is 0 Å². The van der Waals surface area contributed by atoms with E-state index in [1.54, 1.807) is 4.57 Å². The third-order valence-electron chi connectivity index (χ3n) is 4.00. The molecule has 0 radical (unpaired) electrons. The van der Waals surface area contributed by atoms with Crippen molar-refractivity contribution in [2.24, 2.45) is 4.99 Å². The van der Waals surface area contributed by atoms with Crippen LogP contribution < -0.4 is 4.80 Å². The maximum absolute atomic E-state index is 12.9. The van der Waals surface area contributed by atoms with Crippen LogP contribution in [-0.4, -0.2) is 10.5 Å². The lowest BCUT2D eigenvalue weighted by molar-refractivity contribution is -0.137. The summed E-state index contributed by atoms with van der Waals surface area (Å²) in [6.07, 6.45) is 0.930. The average molecular weight is 388 g/mol. The van der Waals surface area contributed by atoms with Crippen molar-refractivity contribution < 1.29 is 18.0 Å². The summed E-state index contributed by atoms with van der Waals surface area (Å²) in [5.41, 5.74) is 1.92. The standard InChI is InChI=1S/C20H15F3N2OS/c1-4-8-25-17-13(3)9-12(2)10-16(17)27-19(25)24-18(26)14-6-5-7-15(11-14)20(21,22)23/h1,5-7,9-11H,8H2,2-3H3. The Hall–Kier alpha value is -2.85. The molecule has 1 heterocycles. The molecule has 0 N–H and O–H groups in total. The third kappa shape index (κ3) is 3.81. The van der Waals surface area contributed by atoms with Crippen LogP contribution in [0.4, 0.5) is 13.2 Å². The highest BCUT2D eigenvalue weighted by Crippen LogP contribution is 2.29. The smallest absolute Gasteiger partial charge is 0.304 e. The highest BCUT2D eigenvalue weighted by atomic mass is 32.1. The van der Waals surface area contributed by atoms with Crippen molar-refractivity contribution in [3.63, 3.8) is 0 Å². The first-order chi connectivity index (χ1) is 12.7. The van der Waals surface area contributed by atoms with Gasteiger partial charge in [-0.15, -0.1) is 6.42 Å². The fourth-order valence-corrected chi connectivity index (χ4v) is 4.10. The minimum atomic E-state index is -4.52. The number of fused-ring (bicyclic) bond motifs is 1. The summed E-state index contributed by atoms with van der Waals surface area (Å²) in [6.45, 7) is 4.11. The molecule has 0 atom stereocenters. The van der Waals surface area contributed by atoms with E-state index < -0.39 is 17.6 Å². The van der Waals surface area contributed by atoms with Crippen molar-refractivity contribution >= 4 is 27.5 Å². The van der Waals surface area contributed by atoms with E-state index in [1.165, 1.54) is 23.5 Å². The van der Waals surface area contributed by atoms with Crippen LogP contribution in [0.5, 0.6) is 0 Å². The van der Waals surface area contributed by atoms with Gasteiger partial charge in [-0.05, 0) is 49.2 Å². The minimum absolute atomic E-state index is 0.123. The lowest BCUT2D eigenvalue weighted by Crippen LogP contribution is -2.17. The maximum atomic E-state index is 12.9. The van der Waals surface area contributed by atoms with Crippen LogP contribution in [0.3, 0.4) is 0 Å². The van der Waals surface area contributed by atoms with Crippen LogP contribution in [0, 0.1) is 26.2 Å². The van der Waals surface area contributed by atoms with E-state index in [4.69, 9.17) is 6.42 Å². The number of alkyl halides is 3. The number of benzene rings is 2. The zero-order valence-corrected chi connectivity index (χ0v) is 15.4. The Kier molecular flexibility index (Phi) is 4.94. The summed E-state index contributed by atoms with van der Waals surface area (Å²) in [6, 6.07) is 8.20. The SMILES string of the molecule is C#CCn1c(=NC(=O)c2cccc(C(F)(F)F)c2)sc2cc(C)cc(C)c21. The predicted molar refractivity (Wildman–Crippen MR) is 99.5 cm³/mol. The lowest BCUT2D eigenvalue weighted by atomic mass is 10.1. The van der Waals surface area contributed by atoms with Gasteiger partial charge < -0.3 is 4.57 Å². The van der Waals surface area contributed by atoms with Crippen molar-refractivity contribution in [3.8, 4) is 12.3 Å². The van der Waals surface area contributed by atoms with Gasteiger partial charge in [0.25, 0.3) is 5.91 Å². The number of hydrogen-bond acceptors (Lipinski definition) is 2. The summed E-state index contributed by atoms with van der Waals surface area (Å²) < 4.78 is 41.3. The molecule has 0 fully saturated rings. The van der Waals surface area contributed by atoms with Crippen LogP contribution in [0.15, 0.2) is 41.4 Å². The summed E-state index contributed by atoms with van der Waals surface area (Å²) in [7, 11) is 0. The van der Waals surface area contributed by atoms with E-state index in [0.29, 0.717) is 4.80 Å². The molecule has 138 valence electrons. The van der Waals surface area contributed by atoms with Gasteiger partial charge in [-0.3, -0.25) is 4.79 Å². The van der Waals surface area contributed by atoms with Crippen LogP contribution in [0.25, 0.3) is 10.2 Å². The summed E-state index contributed by atoms with van der Waals surface area (Å²) in [5.74, 6) is 1.79. The predicted octanol–water partition coefficient (Wildman–Crippen LogP) is 4.71. The number of carbonyl (C=O) groups is 1. The molecule has 3 nitrogen and oxygen atoms in total. The average Bonchev–Trinajstić information content (AvgIpc) is 2.92. The Morgan fingerprint density at radius 3 is 2.67 bits per heavy atom. The fraction of sp³-hybridized carbons (Fsp3) is 0.200. The van der Waals surface area contributed by atoms with Crippen LogP contribution in [-0.2, 0) is 12.7 Å². The van der Waals surface area contributed by atoms with Gasteiger partial charge in [-0.25, -0.2) is 0 Å². The second-order valence-corrected chi connectivity index (χ2v) is 7.11. The second-order valence-electron chi connectivity index (χ2n) is 6.10. The zero-order chi connectivity index (χ0) is 19.8. The first-order valence-corrected chi connectivity index (χ1v) is 8.82. The van der Waals surface area contributed by atoms with Gasteiger partial charge in [-0.1, -0.05) is 29.4 Å². The van der Waals surface area contributed by atoms with Gasteiger partial charge in [0.1, 0.15) is 0 Å². The number of aromatic nitrogens is 1. The Labute approximate surface area is 157 Å². The normalized spacial score (nSPS) is 12.4. The van der Waals surface area contributed by atoms with Gasteiger partial charge in [0.15, 0.2) is 4.80 Å². The maximum Gasteiger partial charge on any atom is 0.416 e. The Morgan fingerprint density at radius 2 is 2.00 bits per heavy atom. The van der Waals surface area contributed by atoms with E-state index in [9.17, 15) is 18.0 Å². The van der Waals surface area contributed by atoms with Gasteiger partial charge in [0.05, 0.1) is 22.3 Å². The number of terminal acetylenes is 1. The van der Waals surface area contributed by atoms with Crippen molar-refractivity contribution in [3.05, 3.63) is 63.5 Å². The molecule has 0 aliphatic carbocycles. The summed E-state index contributed by atoms with van der Waals surface area (Å²) in [5, 5.41) is 0. The largest absolute Gasteiger partial charge is 0.416 e. The number of halogens is 3. The molecule has 1 aromatic heterocycles. The van der Waals surface area contributed by atoms with Crippen molar-refractivity contribution in [1.82, 2.24) is 4.57 Å². The number of hydrogen-bond donors (Lipinski definition) is 0. The van der Waals surface area contributed by atoms with Crippen LogP contribution in [0.2, 0.25) is 0 Å². The fourth-order valence-electron chi connectivity index (χ4n) is 2.89. The molecule has 2 aromatic carbocycles. The molecule has 0 spiro atoms. The topological polar surface area (TPSA) is 34.4 Å². The van der Waals surface area contributed by atoms with Crippen molar-refractivity contribution in [2.75, 3.05) is 0 Å². The molecule has 1 amide bonds. The Balaban J connectivity index is 2.16. The van der Waals surface area contributed by atoms with Crippen molar-refractivity contribution in [1.29, 1.82) is 0 Å². The van der Waals surface area contributed by atoms with Crippen molar-refractivity contribution in [2.45, 2.75) is 26.6 Å². The van der Waals surface area contributed by atoms with E-state index in [-0.39, 0.29) is 12.1 Å². The molecule has 3 rings (SSSR count). The van der Waals surface area contributed by atoms with E-state index in [2.05, 4.69) is 10.9 Å².